The quantitative estimate of drug-likeness (QED) is 0.693. The van der Waals surface area contributed by atoms with Crippen LogP contribution >= 0.6 is 15.9 Å². The lowest BCUT2D eigenvalue weighted by atomic mass is 10.1. The molecule has 0 bridgehead atoms. The summed E-state index contributed by atoms with van der Waals surface area (Å²) in [5.41, 5.74) is 2.22. The summed E-state index contributed by atoms with van der Waals surface area (Å²) < 4.78 is 4.22. The fourth-order valence-electron chi connectivity index (χ4n) is 2.34. The van der Waals surface area contributed by atoms with Crippen LogP contribution < -0.4 is 0 Å². The van der Waals surface area contributed by atoms with Crippen molar-refractivity contribution >= 4 is 32.6 Å². The summed E-state index contributed by atoms with van der Waals surface area (Å²) in [6.07, 6.45) is 7.10. The van der Waals surface area contributed by atoms with Gasteiger partial charge in [-0.25, -0.2) is 0 Å². The van der Waals surface area contributed by atoms with Crippen LogP contribution in [0.3, 0.4) is 0 Å². The molecule has 0 amide bonds. The number of aromatic nitrogens is 4. The van der Waals surface area contributed by atoms with Crippen LogP contribution in [0.15, 0.2) is 35.5 Å². The smallest absolute Gasteiger partial charge is 0.199 e. The van der Waals surface area contributed by atoms with Crippen LogP contribution in [-0.2, 0) is 13.6 Å². The van der Waals surface area contributed by atoms with Gasteiger partial charge in [0.05, 0.1) is 17.3 Å². The first-order chi connectivity index (χ1) is 9.61. The van der Waals surface area contributed by atoms with E-state index in [1.807, 2.05) is 23.8 Å². The molecule has 0 aliphatic rings. The zero-order valence-electron chi connectivity index (χ0n) is 11.2. The molecule has 0 unspecified atom stereocenters. The Balaban J connectivity index is 2.19. The number of rotatable bonds is 3. The molecule has 3 aromatic rings. The first kappa shape index (κ1) is 13.1. The van der Waals surface area contributed by atoms with Gasteiger partial charge >= 0.3 is 0 Å². The Morgan fingerprint density at radius 1 is 1.35 bits per heavy atom. The van der Waals surface area contributed by atoms with Gasteiger partial charge < -0.3 is 4.57 Å². The molecule has 0 saturated heterocycles. The van der Waals surface area contributed by atoms with Crippen LogP contribution in [0.4, 0.5) is 0 Å². The molecule has 3 rings (SSSR count). The highest BCUT2D eigenvalue weighted by molar-refractivity contribution is 9.10. The summed E-state index contributed by atoms with van der Waals surface area (Å²) in [7, 11) is 1.79. The van der Waals surface area contributed by atoms with E-state index in [0.29, 0.717) is 15.7 Å². The van der Waals surface area contributed by atoms with Crippen molar-refractivity contribution in [3.8, 4) is 0 Å². The predicted octanol–water partition coefficient (Wildman–Crippen LogP) is 2.78. The maximum absolute atomic E-state index is 12.7. The zero-order chi connectivity index (χ0) is 14.3. The van der Waals surface area contributed by atoms with Crippen LogP contribution in [0.5, 0.6) is 0 Å². The van der Waals surface area contributed by atoms with E-state index in [1.165, 1.54) is 0 Å². The highest BCUT2D eigenvalue weighted by Crippen LogP contribution is 2.25. The Labute approximate surface area is 124 Å². The molecule has 20 heavy (non-hydrogen) atoms. The number of hydrogen-bond donors (Lipinski definition) is 0. The van der Waals surface area contributed by atoms with E-state index in [1.54, 1.807) is 30.3 Å². The van der Waals surface area contributed by atoms with Crippen molar-refractivity contribution in [3.05, 3.63) is 46.6 Å². The van der Waals surface area contributed by atoms with Gasteiger partial charge in [0.2, 0.25) is 0 Å². The fourth-order valence-corrected chi connectivity index (χ4v) is 2.87. The third-order valence-corrected chi connectivity index (χ3v) is 3.88. The number of fused-ring (bicyclic) bond motifs is 1. The minimum absolute atomic E-state index is 0.0339. The topological polar surface area (TPSA) is 52.7 Å². The number of pyridine rings is 1. The third kappa shape index (κ3) is 1.96. The van der Waals surface area contributed by atoms with Gasteiger partial charge in [0.1, 0.15) is 4.60 Å². The summed E-state index contributed by atoms with van der Waals surface area (Å²) in [5.74, 6) is -0.0339. The molecule has 0 spiro atoms. The van der Waals surface area contributed by atoms with Crippen molar-refractivity contribution in [2.75, 3.05) is 0 Å². The van der Waals surface area contributed by atoms with Crippen LogP contribution in [0.2, 0.25) is 0 Å². The van der Waals surface area contributed by atoms with Crippen molar-refractivity contribution in [2.24, 2.45) is 7.05 Å². The number of halogens is 1. The van der Waals surface area contributed by atoms with Gasteiger partial charge in [0.25, 0.3) is 0 Å². The third-order valence-electron chi connectivity index (χ3n) is 3.30. The summed E-state index contributed by atoms with van der Waals surface area (Å²) in [4.78, 5) is 16.8. The Bertz CT molecular complexity index is 803. The maximum atomic E-state index is 12.7. The molecule has 0 atom stereocenters. The minimum atomic E-state index is -0.0339. The van der Waals surface area contributed by atoms with Crippen molar-refractivity contribution in [1.82, 2.24) is 19.3 Å². The van der Waals surface area contributed by atoms with Gasteiger partial charge in [0.15, 0.2) is 5.78 Å². The van der Waals surface area contributed by atoms with E-state index >= 15 is 0 Å². The number of ketones is 1. The van der Waals surface area contributed by atoms with E-state index in [2.05, 4.69) is 26.0 Å². The highest BCUT2D eigenvalue weighted by Gasteiger charge is 2.20. The fraction of sp³-hybridized carbons (Fsp3) is 0.214. The molecule has 0 N–H and O–H groups in total. The van der Waals surface area contributed by atoms with Crippen LogP contribution in [0.1, 0.15) is 22.8 Å². The molecule has 5 nitrogen and oxygen atoms in total. The zero-order valence-corrected chi connectivity index (χ0v) is 12.8. The van der Waals surface area contributed by atoms with E-state index in [4.69, 9.17) is 0 Å². The molecule has 0 fully saturated rings. The van der Waals surface area contributed by atoms with Gasteiger partial charge in [-0.2, -0.15) is 5.10 Å². The molecule has 0 aliphatic heterocycles. The van der Waals surface area contributed by atoms with Gasteiger partial charge in [-0.15, -0.1) is 0 Å². The number of aryl methyl sites for hydroxylation is 2. The second-order valence-corrected chi connectivity index (χ2v) is 5.31. The Morgan fingerprint density at radius 2 is 2.15 bits per heavy atom. The normalized spacial score (nSPS) is 11.2. The molecule has 0 radical (unpaired) electrons. The van der Waals surface area contributed by atoms with E-state index in [-0.39, 0.29) is 5.78 Å². The van der Waals surface area contributed by atoms with Gasteiger partial charge in [-0.05, 0) is 28.9 Å². The molecule has 102 valence electrons. The first-order valence-corrected chi connectivity index (χ1v) is 7.07. The highest BCUT2D eigenvalue weighted by atomic mass is 79.9. The van der Waals surface area contributed by atoms with Crippen LogP contribution in [0.25, 0.3) is 10.9 Å². The average Bonchev–Trinajstić information content (AvgIpc) is 2.98. The molecule has 0 saturated carbocycles. The SMILES string of the molecule is CCn1cc(C(=O)c2cn(C)nc2Br)c2ccncc21. The number of nitrogens with zero attached hydrogens (tertiary/aromatic N) is 4. The molecule has 0 aromatic carbocycles. The van der Waals surface area contributed by atoms with Crippen molar-refractivity contribution in [3.63, 3.8) is 0 Å². The molecular weight excluding hydrogens is 320 g/mol. The number of carbonyl (C=O) groups excluding carboxylic acids is 1. The van der Waals surface area contributed by atoms with Crippen molar-refractivity contribution < 1.29 is 4.79 Å². The van der Waals surface area contributed by atoms with E-state index in [0.717, 1.165) is 17.4 Å². The molecule has 3 heterocycles. The summed E-state index contributed by atoms with van der Waals surface area (Å²) in [6, 6.07) is 1.87. The Hall–Kier alpha value is -1.95. The summed E-state index contributed by atoms with van der Waals surface area (Å²) >= 11 is 3.33. The summed E-state index contributed by atoms with van der Waals surface area (Å²) in [5, 5.41) is 5.08. The van der Waals surface area contributed by atoms with E-state index in [9.17, 15) is 4.79 Å². The van der Waals surface area contributed by atoms with Gasteiger partial charge in [0, 0.05) is 43.1 Å². The molecule has 6 heteroatoms. The largest absolute Gasteiger partial charge is 0.346 e. The number of carbonyl (C=O) groups is 1. The van der Waals surface area contributed by atoms with Crippen LogP contribution in [-0.4, -0.2) is 25.1 Å². The lowest BCUT2D eigenvalue weighted by Gasteiger charge is -1.97. The van der Waals surface area contributed by atoms with Crippen molar-refractivity contribution in [2.45, 2.75) is 13.5 Å². The molecule has 0 aliphatic carbocycles. The monoisotopic (exact) mass is 332 g/mol. The lowest BCUT2D eigenvalue weighted by molar-refractivity contribution is 0.103. The predicted molar refractivity (Wildman–Crippen MR) is 79.7 cm³/mol. The second-order valence-electron chi connectivity index (χ2n) is 4.56. The van der Waals surface area contributed by atoms with E-state index < -0.39 is 0 Å². The average molecular weight is 333 g/mol. The Morgan fingerprint density at radius 3 is 2.80 bits per heavy atom. The summed E-state index contributed by atoms with van der Waals surface area (Å²) in [6.45, 7) is 2.84. The second kappa shape index (κ2) is 4.86. The first-order valence-electron chi connectivity index (χ1n) is 6.28. The van der Waals surface area contributed by atoms with Crippen molar-refractivity contribution in [1.29, 1.82) is 0 Å². The van der Waals surface area contributed by atoms with Gasteiger partial charge in [-0.1, -0.05) is 0 Å². The maximum Gasteiger partial charge on any atom is 0.199 e. The lowest BCUT2D eigenvalue weighted by Crippen LogP contribution is -2.00. The Kier molecular flexibility index (Phi) is 3.17. The molecular formula is C14H13BrN4O. The number of hydrogen-bond acceptors (Lipinski definition) is 3. The molecule has 3 aromatic heterocycles. The standard InChI is InChI=1S/C14H13BrN4O/c1-3-19-8-10(9-4-5-16-6-12(9)19)13(20)11-7-18(2)17-14(11)15/h4-8H,3H2,1-2H3. The minimum Gasteiger partial charge on any atom is -0.346 e. The van der Waals surface area contributed by atoms with Crippen LogP contribution in [0, 0.1) is 0 Å². The van der Waals surface area contributed by atoms with Gasteiger partial charge in [-0.3, -0.25) is 14.5 Å².